The number of benzene rings is 3. The number of nitrogens with one attached hydrogen (secondary N) is 1. The molecular formula is C33H35F2N3O3. The topological polar surface area (TPSA) is 67.5 Å². The van der Waals surface area contributed by atoms with Gasteiger partial charge in [0.25, 0.3) is 0 Å². The summed E-state index contributed by atoms with van der Waals surface area (Å²) >= 11 is 0. The van der Waals surface area contributed by atoms with Crippen molar-refractivity contribution in [3.05, 3.63) is 102 Å². The van der Waals surface area contributed by atoms with Gasteiger partial charge in [0.15, 0.2) is 0 Å². The van der Waals surface area contributed by atoms with Gasteiger partial charge in [-0.2, -0.15) is 13.9 Å². The minimum absolute atomic E-state index is 0.0179. The Hall–Kier alpha value is -4.46. The molecule has 1 aromatic heterocycles. The molecule has 214 valence electrons. The lowest BCUT2D eigenvalue weighted by Crippen LogP contribution is -2.18. The lowest BCUT2D eigenvalue weighted by Gasteiger charge is -2.19. The summed E-state index contributed by atoms with van der Waals surface area (Å²) < 4.78 is 37.4. The summed E-state index contributed by atoms with van der Waals surface area (Å²) in [5, 5.41) is 8.07. The van der Waals surface area contributed by atoms with Crippen molar-refractivity contribution < 1.29 is 23.0 Å². The monoisotopic (exact) mass is 559 g/mol. The Kier molecular flexibility index (Phi) is 10.3. The Morgan fingerprint density at radius 1 is 1.02 bits per heavy atom. The number of fused-ring (bicyclic) bond motifs is 1. The number of para-hydroxylation sites is 1. The zero-order valence-corrected chi connectivity index (χ0v) is 23.6. The van der Waals surface area contributed by atoms with Crippen molar-refractivity contribution in [2.24, 2.45) is 0 Å². The zero-order valence-electron chi connectivity index (χ0n) is 23.6. The smallest absolute Gasteiger partial charge is 0.387 e. The fourth-order valence-corrected chi connectivity index (χ4v) is 4.64. The van der Waals surface area contributed by atoms with Crippen LogP contribution in [-0.4, -0.2) is 48.3 Å². The normalized spacial score (nSPS) is 12.1. The molecule has 0 radical (unpaired) electrons. The number of halogens is 2. The molecule has 6 nitrogen and oxygen atoms in total. The molecule has 1 heterocycles. The summed E-state index contributed by atoms with van der Waals surface area (Å²) in [5.41, 5.74) is 5.22. The Balaban J connectivity index is 1.59. The van der Waals surface area contributed by atoms with Crippen LogP contribution in [0.25, 0.3) is 22.0 Å². The first-order valence-electron chi connectivity index (χ1n) is 13.7. The van der Waals surface area contributed by atoms with E-state index in [1.807, 2.05) is 67.6 Å². The number of unbranched alkanes of at least 4 members (excludes halogenated alkanes) is 2. The number of amides is 1. The molecule has 0 spiro atoms. The molecule has 0 unspecified atom stereocenters. The molecule has 0 atom stereocenters. The van der Waals surface area contributed by atoms with Crippen LogP contribution in [0.3, 0.4) is 0 Å². The summed E-state index contributed by atoms with van der Waals surface area (Å²) in [7, 11) is 3.46. The van der Waals surface area contributed by atoms with Crippen molar-refractivity contribution in [2.75, 3.05) is 20.7 Å². The molecule has 3 aromatic carbocycles. The van der Waals surface area contributed by atoms with Gasteiger partial charge in [-0.1, -0.05) is 49.4 Å². The van der Waals surface area contributed by atoms with E-state index in [0.717, 1.165) is 58.2 Å². The second kappa shape index (κ2) is 14.3. The fraction of sp³-hybridized carbons (Fsp3) is 0.273. The average Bonchev–Trinajstić information content (AvgIpc) is 3.44. The van der Waals surface area contributed by atoms with E-state index in [2.05, 4.69) is 10.2 Å². The first-order chi connectivity index (χ1) is 19.9. The molecule has 0 fully saturated rings. The molecule has 1 N–H and O–H groups in total. The number of nitrogens with zero attached hydrogens (tertiary/aromatic N) is 2. The van der Waals surface area contributed by atoms with Gasteiger partial charge in [-0.05, 0) is 84.4 Å². The van der Waals surface area contributed by atoms with Crippen LogP contribution in [0.4, 0.5) is 8.78 Å². The predicted molar refractivity (Wildman–Crippen MR) is 159 cm³/mol. The van der Waals surface area contributed by atoms with Crippen molar-refractivity contribution in [3.63, 3.8) is 0 Å². The van der Waals surface area contributed by atoms with Crippen LogP contribution in [-0.2, 0) is 4.79 Å². The van der Waals surface area contributed by atoms with E-state index in [0.29, 0.717) is 18.6 Å². The highest BCUT2D eigenvalue weighted by atomic mass is 19.3. The lowest BCUT2D eigenvalue weighted by molar-refractivity contribution is -0.123. The van der Waals surface area contributed by atoms with Gasteiger partial charge in [-0.15, -0.1) is 0 Å². The maximum Gasteiger partial charge on any atom is 0.387 e. The van der Waals surface area contributed by atoms with Gasteiger partial charge < -0.3 is 14.4 Å². The maximum atomic E-state index is 13.3. The number of alkyl halides is 2. The Morgan fingerprint density at radius 2 is 1.78 bits per heavy atom. The standard InChI is InChI=1S/C33H35F2N3O3/c1-4-27(28-11-8-9-12-30(28)41-33(34)35)32(24-16-19-29-25(21-24)22-36-37-29)23-14-17-26(18-15-23)40-20-10-6-5-7-13-31(39)38(2)3/h7-9,11-19,21-22,33H,4-6,10,20H2,1-3H3,(H,36,37)/b13-7+,32-27+. The van der Waals surface area contributed by atoms with Crippen LogP contribution in [0.2, 0.25) is 0 Å². The predicted octanol–water partition coefficient (Wildman–Crippen LogP) is 7.73. The molecule has 0 aliphatic heterocycles. The summed E-state index contributed by atoms with van der Waals surface area (Å²) in [5.74, 6) is 0.869. The first-order valence-corrected chi connectivity index (χ1v) is 13.7. The second-order valence-electron chi connectivity index (χ2n) is 9.76. The number of hydrogen-bond donors (Lipinski definition) is 1. The average molecular weight is 560 g/mol. The second-order valence-corrected chi connectivity index (χ2v) is 9.76. The number of rotatable bonds is 13. The summed E-state index contributed by atoms with van der Waals surface area (Å²) in [6.07, 6.45) is 8.43. The minimum Gasteiger partial charge on any atom is -0.494 e. The van der Waals surface area contributed by atoms with Crippen molar-refractivity contribution in [1.29, 1.82) is 0 Å². The van der Waals surface area contributed by atoms with Gasteiger partial charge in [0, 0.05) is 25.0 Å². The Labute approximate surface area is 239 Å². The van der Waals surface area contributed by atoms with Crippen LogP contribution in [0.1, 0.15) is 49.3 Å². The number of aromatic amines is 1. The SMILES string of the molecule is CC/C(=C(/c1ccc(OCCCC/C=C/C(=O)N(C)C)cc1)c1ccc2[nH]ncc2c1)c1ccccc1OC(F)F. The Morgan fingerprint density at radius 3 is 2.51 bits per heavy atom. The molecule has 0 aliphatic carbocycles. The number of allylic oxidation sites excluding steroid dienone is 2. The van der Waals surface area contributed by atoms with E-state index in [9.17, 15) is 13.6 Å². The molecule has 4 aromatic rings. The molecule has 41 heavy (non-hydrogen) atoms. The maximum absolute atomic E-state index is 13.3. The van der Waals surface area contributed by atoms with Gasteiger partial charge in [-0.3, -0.25) is 9.89 Å². The van der Waals surface area contributed by atoms with Crippen molar-refractivity contribution in [1.82, 2.24) is 15.1 Å². The van der Waals surface area contributed by atoms with Crippen LogP contribution in [0, 0.1) is 0 Å². The molecule has 0 saturated heterocycles. The van der Waals surface area contributed by atoms with Crippen LogP contribution in [0.5, 0.6) is 11.5 Å². The van der Waals surface area contributed by atoms with E-state index in [1.54, 1.807) is 43.4 Å². The van der Waals surface area contributed by atoms with E-state index >= 15 is 0 Å². The van der Waals surface area contributed by atoms with Crippen LogP contribution >= 0.6 is 0 Å². The summed E-state index contributed by atoms with van der Waals surface area (Å²) in [4.78, 5) is 13.1. The van der Waals surface area contributed by atoms with E-state index < -0.39 is 6.61 Å². The molecule has 4 rings (SSSR count). The number of hydrogen-bond acceptors (Lipinski definition) is 4. The van der Waals surface area contributed by atoms with Crippen molar-refractivity contribution in [3.8, 4) is 11.5 Å². The highest BCUT2D eigenvalue weighted by molar-refractivity contribution is 6.01. The van der Waals surface area contributed by atoms with Gasteiger partial charge >= 0.3 is 6.61 Å². The third kappa shape index (κ3) is 7.81. The number of carbonyl (C=O) groups is 1. The van der Waals surface area contributed by atoms with Gasteiger partial charge in [0.05, 0.1) is 18.3 Å². The molecule has 0 saturated carbocycles. The third-order valence-electron chi connectivity index (χ3n) is 6.69. The largest absolute Gasteiger partial charge is 0.494 e. The molecular weight excluding hydrogens is 524 g/mol. The zero-order chi connectivity index (χ0) is 29.2. The number of likely N-dealkylation sites (N-methyl/N-ethyl adjacent to an activating group) is 1. The highest BCUT2D eigenvalue weighted by Gasteiger charge is 2.18. The van der Waals surface area contributed by atoms with Crippen LogP contribution < -0.4 is 9.47 Å². The number of carbonyl (C=O) groups excluding carboxylic acids is 1. The van der Waals surface area contributed by atoms with E-state index in [4.69, 9.17) is 9.47 Å². The lowest BCUT2D eigenvalue weighted by atomic mass is 9.87. The van der Waals surface area contributed by atoms with E-state index in [-0.39, 0.29) is 11.7 Å². The molecule has 1 amide bonds. The fourth-order valence-electron chi connectivity index (χ4n) is 4.64. The Bertz CT molecular complexity index is 1510. The highest BCUT2D eigenvalue weighted by Crippen LogP contribution is 2.39. The van der Waals surface area contributed by atoms with Crippen molar-refractivity contribution >= 4 is 28.0 Å². The molecule has 8 heteroatoms. The van der Waals surface area contributed by atoms with Crippen molar-refractivity contribution in [2.45, 2.75) is 39.2 Å². The quantitative estimate of drug-likeness (QED) is 0.103. The van der Waals surface area contributed by atoms with E-state index in [1.165, 1.54) is 0 Å². The van der Waals surface area contributed by atoms with Gasteiger partial charge in [-0.25, -0.2) is 0 Å². The molecule has 0 bridgehead atoms. The number of ether oxygens (including phenoxy) is 2. The first kappa shape index (κ1) is 29.5. The summed E-state index contributed by atoms with van der Waals surface area (Å²) in [6.45, 7) is -0.353. The summed E-state index contributed by atoms with van der Waals surface area (Å²) in [6, 6.07) is 20.8. The number of aromatic nitrogens is 2. The van der Waals surface area contributed by atoms with Gasteiger partial charge in [0.1, 0.15) is 11.5 Å². The minimum atomic E-state index is -2.92. The van der Waals surface area contributed by atoms with Gasteiger partial charge in [0.2, 0.25) is 5.91 Å². The number of H-pyrrole nitrogens is 1. The van der Waals surface area contributed by atoms with Crippen LogP contribution in [0.15, 0.2) is 85.1 Å². The molecule has 0 aliphatic rings. The third-order valence-corrected chi connectivity index (χ3v) is 6.69.